The second-order valence-corrected chi connectivity index (χ2v) is 11.6. The van der Waals surface area contributed by atoms with Crippen molar-refractivity contribution < 1.29 is 10.2 Å². The summed E-state index contributed by atoms with van der Waals surface area (Å²) in [4.78, 5) is 0. The van der Waals surface area contributed by atoms with Crippen molar-refractivity contribution in [1.29, 1.82) is 0 Å². The van der Waals surface area contributed by atoms with E-state index in [2.05, 4.69) is 20.8 Å². The van der Waals surface area contributed by atoms with Gasteiger partial charge in [0.15, 0.2) is 0 Å². The SMILES string of the molecule is C/C=C(/O)CC[C@@H](C)C1CCC2[C@H]3C(CC[C@@]21C)[C@@]1(C)CCCC[C@H]1C[C@@H]3O. The molecule has 4 saturated carbocycles. The molecule has 4 fully saturated rings. The molecule has 160 valence electrons. The number of rotatable bonds is 4. The molecular weight excluding hydrogens is 344 g/mol. The maximum atomic E-state index is 11.3. The standard InChI is InChI=1S/C26H44O2/c1-5-19(27)10-9-17(2)20-11-12-21-24-22(13-15-26(20,21)4)25(3)14-7-6-8-18(25)16-23(24)28/h5,17-18,20-24,27-28H,6-16H2,1-4H3/b19-5+/t17-,18+,20?,21?,22?,23+,24+,25+,26-/m1/s1. The van der Waals surface area contributed by atoms with Crippen LogP contribution in [0.5, 0.6) is 0 Å². The van der Waals surface area contributed by atoms with Crippen molar-refractivity contribution in [1.82, 2.24) is 0 Å². The first kappa shape index (κ1) is 20.8. The minimum Gasteiger partial charge on any atom is -0.513 e. The first-order valence-electron chi connectivity index (χ1n) is 12.3. The molecule has 0 heterocycles. The molecule has 2 nitrogen and oxygen atoms in total. The summed E-state index contributed by atoms with van der Waals surface area (Å²) in [7, 11) is 0. The lowest BCUT2D eigenvalue weighted by molar-refractivity contribution is -0.164. The molecule has 0 aromatic rings. The molecule has 2 N–H and O–H groups in total. The number of aliphatic hydroxyl groups is 2. The fourth-order valence-electron chi connectivity index (χ4n) is 8.95. The second-order valence-electron chi connectivity index (χ2n) is 11.6. The first-order chi connectivity index (χ1) is 13.3. The Hall–Kier alpha value is -0.500. The van der Waals surface area contributed by atoms with Crippen molar-refractivity contribution in [3.8, 4) is 0 Å². The fourth-order valence-corrected chi connectivity index (χ4v) is 8.95. The zero-order chi connectivity index (χ0) is 20.1. The molecule has 0 bridgehead atoms. The quantitative estimate of drug-likeness (QED) is 0.515. The van der Waals surface area contributed by atoms with Gasteiger partial charge >= 0.3 is 0 Å². The van der Waals surface area contributed by atoms with Crippen LogP contribution in [-0.4, -0.2) is 16.3 Å². The third-order valence-corrected chi connectivity index (χ3v) is 10.5. The van der Waals surface area contributed by atoms with Crippen molar-refractivity contribution in [2.24, 2.45) is 46.3 Å². The Bertz CT molecular complexity index is 597. The number of fused-ring (bicyclic) bond motifs is 5. The van der Waals surface area contributed by atoms with Crippen LogP contribution < -0.4 is 0 Å². The summed E-state index contributed by atoms with van der Waals surface area (Å²) in [5.74, 6) is 4.74. The second kappa shape index (κ2) is 7.64. The van der Waals surface area contributed by atoms with Crippen LogP contribution in [0.4, 0.5) is 0 Å². The molecule has 0 amide bonds. The minimum atomic E-state index is -0.0630. The average molecular weight is 389 g/mol. The molecule has 2 heteroatoms. The summed E-state index contributed by atoms with van der Waals surface area (Å²) in [5, 5.41) is 21.2. The van der Waals surface area contributed by atoms with Gasteiger partial charge < -0.3 is 10.2 Å². The zero-order valence-electron chi connectivity index (χ0n) is 18.8. The van der Waals surface area contributed by atoms with Crippen LogP contribution in [0.1, 0.15) is 98.3 Å². The van der Waals surface area contributed by atoms with Gasteiger partial charge in [0, 0.05) is 6.42 Å². The van der Waals surface area contributed by atoms with Crippen molar-refractivity contribution in [3.63, 3.8) is 0 Å². The van der Waals surface area contributed by atoms with Gasteiger partial charge in [0.05, 0.1) is 11.9 Å². The van der Waals surface area contributed by atoms with Gasteiger partial charge in [0.2, 0.25) is 0 Å². The predicted molar refractivity (Wildman–Crippen MR) is 116 cm³/mol. The van der Waals surface area contributed by atoms with Crippen LogP contribution in [0, 0.1) is 46.3 Å². The van der Waals surface area contributed by atoms with E-state index in [0.717, 1.165) is 37.0 Å². The van der Waals surface area contributed by atoms with Crippen LogP contribution in [0.15, 0.2) is 11.8 Å². The monoisotopic (exact) mass is 388 g/mol. The lowest BCUT2D eigenvalue weighted by atomic mass is 9.44. The van der Waals surface area contributed by atoms with Crippen LogP contribution in [0.3, 0.4) is 0 Å². The molecule has 0 saturated heterocycles. The highest BCUT2D eigenvalue weighted by molar-refractivity contribution is 5.11. The molecular formula is C26H44O2. The van der Waals surface area contributed by atoms with Gasteiger partial charge in [0.25, 0.3) is 0 Å². The molecule has 0 aromatic carbocycles. The van der Waals surface area contributed by atoms with Gasteiger partial charge in [-0.2, -0.15) is 0 Å². The summed E-state index contributed by atoms with van der Waals surface area (Å²) in [6.07, 6.45) is 15.7. The molecule has 0 aliphatic heterocycles. The normalized spacial score (nSPS) is 49.8. The maximum Gasteiger partial charge on any atom is 0.0880 e. The number of aliphatic hydroxyl groups excluding tert-OH is 2. The van der Waals surface area contributed by atoms with E-state index in [9.17, 15) is 10.2 Å². The van der Waals surface area contributed by atoms with Gasteiger partial charge in [-0.05, 0) is 111 Å². The third kappa shape index (κ3) is 3.17. The van der Waals surface area contributed by atoms with E-state index in [1.54, 1.807) is 0 Å². The Morgan fingerprint density at radius 2 is 1.79 bits per heavy atom. The van der Waals surface area contributed by atoms with E-state index in [4.69, 9.17) is 0 Å². The van der Waals surface area contributed by atoms with Crippen molar-refractivity contribution in [3.05, 3.63) is 11.8 Å². The first-order valence-corrected chi connectivity index (χ1v) is 12.3. The van der Waals surface area contributed by atoms with Gasteiger partial charge in [-0.25, -0.2) is 0 Å². The zero-order valence-corrected chi connectivity index (χ0v) is 18.8. The molecule has 4 aliphatic carbocycles. The molecule has 4 aliphatic rings. The van der Waals surface area contributed by atoms with E-state index in [1.807, 2.05) is 13.0 Å². The van der Waals surface area contributed by atoms with Crippen molar-refractivity contribution >= 4 is 0 Å². The van der Waals surface area contributed by atoms with E-state index < -0.39 is 0 Å². The van der Waals surface area contributed by atoms with Crippen LogP contribution in [0.2, 0.25) is 0 Å². The van der Waals surface area contributed by atoms with E-state index in [1.165, 1.54) is 51.4 Å². The third-order valence-electron chi connectivity index (χ3n) is 10.5. The summed E-state index contributed by atoms with van der Waals surface area (Å²) in [6, 6.07) is 0. The lowest BCUT2D eigenvalue weighted by Gasteiger charge is -2.62. The molecule has 3 unspecified atom stereocenters. The van der Waals surface area contributed by atoms with Gasteiger partial charge in [-0.1, -0.05) is 33.6 Å². The van der Waals surface area contributed by atoms with Crippen LogP contribution >= 0.6 is 0 Å². The fraction of sp³-hybridized carbons (Fsp3) is 0.923. The smallest absolute Gasteiger partial charge is 0.0880 e. The number of hydrogen-bond acceptors (Lipinski definition) is 2. The van der Waals surface area contributed by atoms with Gasteiger partial charge in [0.1, 0.15) is 0 Å². The highest BCUT2D eigenvalue weighted by Crippen LogP contribution is 2.68. The number of allylic oxidation sites excluding steroid dienone is 2. The van der Waals surface area contributed by atoms with Crippen LogP contribution in [0.25, 0.3) is 0 Å². The Morgan fingerprint density at radius 3 is 2.54 bits per heavy atom. The van der Waals surface area contributed by atoms with E-state index in [0.29, 0.717) is 34.3 Å². The molecule has 0 spiro atoms. The average Bonchev–Trinajstić information content (AvgIpc) is 3.03. The molecule has 0 radical (unpaired) electrons. The van der Waals surface area contributed by atoms with E-state index in [-0.39, 0.29) is 6.10 Å². The lowest BCUT2D eigenvalue weighted by Crippen LogP contribution is -2.57. The van der Waals surface area contributed by atoms with Gasteiger partial charge in [-0.15, -0.1) is 0 Å². The van der Waals surface area contributed by atoms with Crippen LogP contribution in [-0.2, 0) is 0 Å². The molecule has 0 aromatic heterocycles. The summed E-state index contributed by atoms with van der Waals surface area (Å²) < 4.78 is 0. The highest BCUT2D eigenvalue weighted by Gasteiger charge is 2.62. The van der Waals surface area contributed by atoms with E-state index >= 15 is 0 Å². The minimum absolute atomic E-state index is 0.0630. The highest BCUT2D eigenvalue weighted by atomic mass is 16.3. The predicted octanol–water partition coefficient (Wildman–Crippen LogP) is 6.88. The Morgan fingerprint density at radius 1 is 1.04 bits per heavy atom. The van der Waals surface area contributed by atoms with Crippen molar-refractivity contribution in [2.45, 2.75) is 104 Å². The molecule has 4 rings (SSSR count). The molecule has 28 heavy (non-hydrogen) atoms. The Labute approximate surface area is 173 Å². The van der Waals surface area contributed by atoms with Crippen molar-refractivity contribution in [2.75, 3.05) is 0 Å². The largest absolute Gasteiger partial charge is 0.513 e. The topological polar surface area (TPSA) is 40.5 Å². The number of hydrogen-bond donors (Lipinski definition) is 2. The Kier molecular flexibility index (Phi) is 5.66. The Balaban J connectivity index is 1.54. The summed E-state index contributed by atoms with van der Waals surface area (Å²) >= 11 is 0. The van der Waals surface area contributed by atoms with Gasteiger partial charge in [-0.3, -0.25) is 0 Å². The molecule has 9 atom stereocenters. The summed E-state index contributed by atoms with van der Waals surface area (Å²) in [6.45, 7) is 9.51. The maximum absolute atomic E-state index is 11.3. The summed E-state index contributed by atoms with van der Waals surface area (Å²) in [5.41, 5.74) is 0.885.